The number of hydrogen-bond donors (Lipinski definition) is 0. The second-order valence-electron chi connectivity index (χ2n) is 5.62. The molecule has 2 atom stereocenters. The summed E-state index contributed by atoms with van der Waals surface area (Å²) in [6.07, 6.45) is 0.610. The summed E-state index contributed by atoms with van der Waals surface area (Å²) in [7, 11) is 0. The third-order valence-corrected chi connectivity index (χ3v) is 4.84. The van der Waals surface area contributed by atoms with E-state index < -0.39 is 0 Å². The van der Waals surface area contributed by atoms with Crippen molar-refractivity contribution in [2.24, 2.45) is 5.92 Å². The van der Waals surface area contributed by atoms with Crippen molar-refractivity contribution in [3.8, 4) is 0 Å². The van der Waals surface area contributed by atoms with Gasteiger partial charge in [0.2, 0.25) is 0 Å². The van der Waals surface area contributed by atoms with Crippen molar-refractivity contribution in [1.82, 2.24) is 0 Å². The summed E-state index contributed by atoms with van der Waals surface area (Å²) in [5, 5.41) is 0.787. The first-order valence-corrected chi connectivity index (χ1v) is 7.19. The monoisotopic (exact) mass is 275 g/mol. The van der Waals surface area contributed by atoms with Crippen LogP contribution >= 0.6 is 11.6 Å². The number of benzene rings is 1. The van der Waals surface area contributed by atoms with Crippen molar-refractivity contribution in [3.05, 3.63) is 40.1 Å². The molecule has 2 nitrogen and oxygen atoms in total. The Kier molecular flexibility index (Phi) is 2.94. The van der Waals surface area contributed by atoms with E-state index in [0.29, 0.717) is 24.0 Å². The van der Waals surface area contributed by atoms with Gasteiger partial charge in [-0.1, -0.05) is 25.4 Å². The van der Waals surface area contributed by atoms with Crippen LogP contribution in [0.15, 0.2) is 29.5 Å². The maximum Gasteiger partial charge on any atom is 0.162 e. The maximum atomic E-state index is 12.0. The number of carbonyl (C=O) groups excluding carboxylic acids is 1. The molecule has 0 saturated heterocycles. The molecule has 19 heavy (non-hydrogen) atoms. The molecule has 0 radical (unpaired) electrons. The molecule has 2 heterocycles. The Morgan fingerprint density at radius 1 is 1.26 bits per heavy atom. The lowest BCUT2D eigenvalue weighted by Crippen LogP contribution is -2.40. The molecular weight excluding hydrogens is 258 g/mol. The van der Waals surface area contributed by atoms with Crippen LogP contribution in [-0.2, 0) is 4.79 Å². The van der Waals surface area contributed by atoms with E-state index >= 15 is 0 Å². The number of anilines is 1. The van der Waals surface area contributed by atoms with Crippen LogP contribution in [0.1, 0.15) is 38.7 Å². The molecule has 0 aromatic heterocycles. The minimum Gasteiger partial charge on any atom is -0.344 e. The topological polar surface area (TPSA) is 20.3 Å². The van der Waals surface area contributed by atoms with Crippen molar-refractivity contribution in [2.45, 2.75) is 33.1 Å². The van der Waals surface area contributed by atoms with E-state index in [4.69, 9.17) is 11.6 Å². The second kappa shape index (κ2) is 4.38. The van der Waals surface area contributed by atoms with Gasteiger partial charge in [-0.25, -0.2) is 0 Å². The average molecular weight is 276 g/mol. The molecule has 3 rings (SSSR count). The predicted octanol–water partition coefficient (Wildman–Crippen LogP) is 4.15. The first-order chi connectivity index (χ1) is 9.00. The standard InChI is InChI=1S/C16H18ClNO/c1-9-10(2)16-11(3)15(19)6-7-18(16)14-5-4-12(17)8-13(9)14/h4-5,8-10H,6-7H2,1-3H3. The Hall–Kier alpha value is -1.28. The quantitative estimate of drug-likeness (QED) is 0.709. The highest BCUT2D eigenvalue weighted by atomic mass is 35.5. The van der Waals surface area contributed by atoms with Gasteiger partial charge < -0.3 is 4.90 Å². The van der Waals surface area contributed by atoms with Crippen LogP contribution in [0.3, 0.4) is 0 Å². The van der Waals surface area contributed by atoms with E-state index in [1.54, 1.807) is 0 Å². The van der Waals surface area contributed by atoms with Crippen LogP contribution in [0.4, 0.5) is 5.69 Å². The molecule has 2 aliphatic heterocycles. The number of carbonyl (C=O) groups is 1. The van der Waals surface area contributed by atoms with Gasteiger partial charge >= 0.3 is 0 Å². The number of ketones is 1. The molecule has 2 unspecified atom stereocenters. The van der Waals surface area contributed by atoms with Gasteiger partial charge in [-0.05, 0) is 36.6 Å². The summed E-state index contributed by atoms with van der Waals surface area (Å²) in [6, 6.07) is 6.09. The summed E-state index contributed by atoms with van der Waals surface area (Å²) < 4.78 is 0. The van der Waals surface area contributed by atoms with Crippen LogP contribution in [0.2, 0.25) is 5.02 Å². The fourth-order valence-electron chi connectivity index (χ4n) is 3.35. The molecule has 0 spiro atoms. The van der Waals surface area contributed by atoms with E-state index in [1.807, 2.05) is 13.0 Å². The second-order valence-corrected chi connectivity index (χ2v) is 6.05. The van der Waals surface area contributed by atoms with E-state index in [1.165, 1.54) is 16.9 Å². The summed E-state index contributed by atoms with van der Waals surface area (Å²) in [5.41, 5.74) is 4.66. The summed E-state index contributed by atoms with van der Waals surface area (Å²) >= 11 is 6.13. The summed E-state index contributed by atoms with van der Waals surface area (Å²) in [6.45, 7) is 7.18. The Bertz CT molecular complexity index is 590. The first-order valence-electron chi connectivity index (χ1n) is 6.81. The minimum atomic E-state index is 0.294. The van der Waals surface area contributed by atoms with Crippen LogP contribution < -0.4 is 4.90 Å². The molecular formula is C16H18ClNO. The van der Waals surface area contributed by atoms with Gasteiger partial charge in [0.1, 0.15) is 0 Å². The van der Waals surface area contributed by atoms with Gasteiger partial charge in [0.15, 0.2) is 5.78 Å². The normalized spacial score (nSPS) is 26.3. The molecule has 0 aliphatic carbocycles. The van der Waals surface area contributed by atoms with Gasteiger partial charge in [-0.3, -0.25) is 4.79 Å². The number of Topliss-reactive ketones (excluding diaryl/α,β-unsaturated/α-hetero) is 1. The van der Waals surface area contributed by atoms with Crippen LogP contribution in [0, 0.1) is 5.92 Å². The fourth-order valence-corrected chi connectivity index (χ4v) is 3.53. The Labute approximate surface area is 119 Å². The molecule has 2 aliphatic rings. The van der Waals surface area contributed by atoms with Crippen molar-refractivity contribution in [2.75, 3.05) is 11.4 Å². The van der Waals surface area contributed by atoms with Gasteiger partial charge in [0.05, 0.1) is 0 Å². The highest BCUT2D eigenvalue weighted by Crippen LogP contribution is 2.46. The molecule has 100 valence electrons. The van der Waals surface area contributed by atoms with E-state index in [9.17, 15) is 4.79 Å². The van der Waals surface area contributed by atoms with Crippen LogP contribution in [0.25, 0.3) is 0 Å². The van der Waals surface area contributed by atoms with Gasteiger partial charge in [-0.15, -0.1) is 0 Å². The largest absolute Gasteiger partial charge is 0.344 e. The molecule has 0 amide bonds. The minimum absolute atomic E-state index is 0.294. The van der Waals surface area contributed by atoms with Crippen LogP contribution in [-0.4, -0.2) is 12.3 Å². The third-order valence-electron chi connectivity index (χ3n) is 4.61. The molecule has 1 aromatic carbocycles. The number of rotatable bonds is 0. The SMILES string of the molecule is CC1=C2C(C)C(C)c3cc(Cl)ccc3N2CCC1=O. The zero-order valence-corrected chi connectivity index (χ0v) is 12.3. The maximum absolute atomic E-state index is 12.0. The molecule has 1 aromatic rings. The van der Waals surface area contributed by atoms with Crippen molar-refractivity contribution < 1.29 is 4.79 Å². The smallest absolute Gasteiger partial charge is 0.162 e. The van der Waals surface area contributed by atoms with Crippen LogP contribution in [0.5, 0.6) is 0 Å². The molecule has 0 saturated carbocycles. The first kappa shape index (κ1) is 12.7. The van der Waals surface area contributed by atoms with Crippen molar-refractivity contribution in [1.29, 1.82) is 0 Å². The van der Waals surface area contributed by atoms with Gasteiger partial charge in [0, 0.05) is 40.9 Å². The molecule has 3 heteroatoms. The molecule has 0 N–H and O–H groups in total. The van der Waals surface area contributed by atoms with E-state index in [-0.39, 0.29) is 0 Å². The van der Waals surface area contributed by atoms with Gasteiger partial charge in [-0.2, -0.15) is 0 Å². The third kappa shape index (κ3) is 1.81. The van der Waals surface area contributed by atoms with E-state index in [0.717, 1.165) is 17.1 Å². The number of halogens is 1. The number of fused-ring (bicyclic) bond motifs is 3. The van der Waals surface area contributed by atoms with Crippen molar-refractivity contribution in [3.63, 3.8) is 0 Å². The Balaban J connectivity index is 2.23. The highest BCUT2D eigenvalue weighted by molar-refractivity contribution is 6.30. The lowest BCUT2D eigenvalue weighted by molar-refractivity contribution is -0.115. The molecule has 0 fully saturated rings. The number of nitrogens with zero attached hydrogens (tertiary/aromatic N) is 1. The van der Waals surface area contributed by atoms with Gasteiger partial charge in [0.25, 0.3) is 0 Å². The molecule has 0 bridgehead atoms. The Morgan fingerprint density at radius 2 is 2.00 bits per heavy atom. The van der Waals surface area contributed by atoms with Crippen molar-refractivity contribution >= 4 is 23.1 Å². The predicted molar refractivity (Wildman–Crippen MR) is 78.7 cm³/mol. The lowest BCUT2D eigenvalue weighted by Gasteiger charge is -2.44. The fraction of sp³-hybridized carbons (Fsp3) is 0.438. The van der Waals surface area contributed by atoms with E-state index in [2.05, 4.69) is 30.9 Å². The summed E-state index contributed by atoms with van der Waals surface area (Å²) in [4.78, 5) is 14.3. The Morgan fingerprint density at radius 3 is 2.74 bits per heavy atom. The zero-order valence-electron chi connectivity index (χ0n) is 11.5. The lowest BCUT2D eigenvalue weighted by atomic mass is 9.78. The number of hydrogen-bond acceptors (Lipinski definition) is 2. The zero-order chi connectivity index (χ0) is 13.7. The number of allylic oxidation sites excluding steroid dienone is 2. The highest BCUT2D eigenvalue weighted by Gasteiger charge is 2.36. The summed E-state index contributed by atoms with van der Waals surface area (Å²) in [5.74, 6) is 1.04. The average Bonchev–Trinajstić information content (AvgIpc) is 2.39.